The third-order valence-electron chi connectivity index (χ3n) is 2.70. The molecule has 1 amide bonds. The minimum atomic E-state index is -4.28. The summed E-state index contributed by atoms with van der Waals surface area (Å²) >= 11 is 0. The number of alkyl halides is 3. The minimum Gasteiger partial charge on any atom is -0.352 e. The molecule has 1 fully saturated rings. The van der Waals surface area contributed by atoms with Gasteiger partial charge in [-0.15, -0.1) is 0 Å². The average molecular weight is 238 g/mol. The van der Waals surface area contributed by atoms with Crippen molar-refractivity contribution in [2.24, 2.45) is 0 Å². The maximum atomic E-state index is 11.9. The van der Waals surface area contributed by atoms with Gasteiger partial charge < -0.3 is 5.32 Å². The number of hydrogen-bond donors (Lipinski definition) is 2. The summed E-state index contributed by atoms with van der Waals surface area (Å²) in [4.78, 5) is 11.5. The van der Waals surface area contributed by atoms with Crippen molar-refractivity contribution in [3.05, 3.63) is 0 Å². The number of halogens is 3. The Balaban J connectivity index is 2.24. The molecule has 0 radical (unpaired) electrons. The van der Waals surface area contributed by atoms with E-state index in [1.165, 1.54) is 6.92 Å². The van der Waals surface area contributed by atoms with Crippen molar-refractivity contribution in [1.82, 2.24) is 10.6 Å². The first-order chi connectivity index (χ1) is 7.38. The average Bonchev–Trinajstić information content (AvgIpc) is 2.65. The molecule has 0 aromatic heterocycles. The van der Waals surface area contributed by atoms with Gasteiger partial charge in [-0.25, -0.2) is 0 Å². The Bertz CT molecular complexity index is 237. The Morgan fingerprint density at radius 1 is 1.38 bits per heavy atom. The molecule has 1 unspecified atom stereocenters. The standard InChI is InChI=1S/C10H17F3N2O/c1-7(14-6-10(11,12)13)9(16)15-8-4-2-3-5-8/h7-8,14H,2-6H2,1H3,(H,15,16). The van der Waals surface area contributed by atoms with Gasteiger partial charge in [-0.05, 0) is 19.8 Å². The van der Waals surface area contributed by atoms with Crippen molar-refractivity contribution in [2.45, 2.75) is 50.9 Å². The molecule has 1 aliphatic carbocycles. The highest BCUT2D eigenvalue weighted by Gasteiger charge is 2.29. The summed E-state index contributed by atoms with van der Waals surface area (Å²) in [6.45, 7) is 0.308. The Hall–Kier alpha value is -0.780. The summed E-state index contributed by atoms with van der Waals surface area (Å²) in [6, 6.07) is -0.662. The summed E-state index contributed by atoms with van der Waals surface area (Å²) in [5, 5.41) is 4.91. The van der Waals surface area contributed by atoms with Gasteiger partial charge in [0.15, 0.2) is 0 Å². The highest BCUT2D eigenvalue weighted by molar-refractivity contribution is 5.81. The van der Waals surface area contributed by atoms with Crippen LogP contribution in [0.3, 0.4) is 0 Å². The Morgan fingerprint density at radius 2 is 1.94 bits per heavy atom. The van der Waals surface area contributed by atoms with E-state index in [1.54, 1.807) is 0 Å². The van der Waals surface area contributed by atoms with Gasteiger partial charge in [-0.2, -0.15) is 13.2 Å². The molecule has 6 heteroatoms. The Kier molecular flexibility index (Phi) is 4.58. The van der Waals surface area contributed by atoms with Crippen LogP contribution in [-0.2, 0) is 4.79 Å². The molecule has 94 valence electrons. The van der Waals surface area contributed by atoms with E-state index in [2.05, 4.69) is 10.6 Å². The van der Waals surface area contributed by atoms with Crippen LogP contribution in [0.25, 0.3) is 0 Å². The molecule has 1 rings (SSSR count). The summed E-state index contributed by atoms with van der Waals surface area (Å²) in [5.41, 5.74) is 0. The number of amides is 1. The maximum Gasteiger partial charge on any atom is 0.401 e. The lowest BCUT2D eigenvalue weighted by Gasteiger charge is -2.18. The SMILES string of the molecule is CC(NCC(F)(F)F)C(=O)NC1CCCC1. The normalized spacial score (nSPS) is 19.8. The smallest absolute Gasteiger partial charge is 0.352 e. The van der Waals surface area contributed by atoms with E-state index in [0.29, 0.717) is 0 Å². The molecule has 0 heterocycles. The predicted molar refractivity (Wildman–Crippen MR) is 53.9 cm³/mol. The highest BCUT2D eigenvalue weighted by Crippen LogP contribution is 2.17. The van der Waals surface area contributed by atoms with Crippen LogP contribution in [0.4, 0.5) is 13.2 Å². The van der Waals surface area contributed by atoms with Gasteiger partial charge in [0, 0.05) is 6.04 Å². The summed E-state index contributed by atoms with van der Waals surface area (Å²) in [5.74, 6) is -0.351. The first kappa shape index (κ1) is 13.3. The zero-order valence-corrected chi connectivity index (χ0v) is 9.23. The first-order valence-electron chi connectivity index (χ1n) is 5.49. The van der Waals surface area contributed by atoms with Crippen molar-refractivity contribution >= 4 is 5.91 Å². The molecule has 1 saturated carbocycles. The number of carbonyl (C=O) groups is 1. The Labute approximate surface area is 92.8 Å². The second kappa shape index (κ2) is 5.52. The van der Waals surface area contributed by atoms with Gasteiger partial charge in [-0.3, -0.25) is 10.1 Å². The highest BCUT2D eigenvalue weighted by atomic mass is 19.4. The van der Waals surface area contributed by atoms with Crippen LogP contribution in [0.1, 0.15) is 32.6 Å². The fourth-order valence-electron chi connectivity index (χ4n) is 1.76. The third kappa shape index (κ3) is 4.83. The fourth-order valence-corrected chi connectivity index (χ4v) is 1.76. The molecule has 1 aliphatic rings. The van der Waals surface area contributed by atoms with E-state index in [4.69, 9.17) is 0 Å². The van der Waals surface area contributed by atoms with Gasteiger partial charge >= 0.3 is 6.18 Å². The monoisotopic (exact) mass is 238 g/mol. The second-order valence-corrected chi connectivity index (χ2v) is 4.21. The van der Waals surface area contributed by atoms with Crippen molar-refractivity contribution in [2.75, 3.05) is 6.54 Å². The second-order valence-electron chi connectivity index (χ2n) is 4.21. The molecule has 3 nitrogen and oxygen atoms in total. The van der Waals surface area contributed by atoms with E-state index >= 15 is 0 Å². The van der Waals surface area contributed by atoms with Crippen molar-refractivity contribution in [1.29, 1.82) is 0 Å². The van der Waals surface area contributed by atoms with E-state index < -0.39 is 18.8 Å². The van der Waals surface area contributed by atoms with Gasteiger partial charge in [0.2, 0.25) is 5.91 Å². The lowest BCUT2D eigenvalue weighted by atomic mass is 10.2. The van der Waals surface area contributed by atoms with Crippen LogP contribution in [0.5, 0.6) is 0 Å². The minimum absolute atomic E-state index is 0.141. The van der Waals surface area contributed by atoms with Gasteiger partial charge in [0.25, 0.3) is 0 Å². The number of rotatable bonds is 4. The molecule has 0 aromatic rings. The number of nitrogens with one attached hydrogen (secondary N) is 2. The van der Waals surface area contributed by atoms with Crippen molar-refractivity contribution < 1.29 is 18.0 Å². The van der Waals surface area contributed by atoms with Gasteiger partial charge in [-0.1, -0.05) is 12.8 Å². The maximum absolute atomic E-state index is 11.9. The van der Waals surface area contributed by atoms with E-state index in [0.717, 1.165) is 25.7 Å². The van der Waals surface area contributed by atoms with Crippen LogP contribution < -0.4 is 10.6 Å². The first-order valence-corrected chi connectivity index (χ1v) is 5.49. The van der Waals surface area contributed by atoms with Crippen LogP contribution in [0, 0.1) is 0 Å². The molecule has 16 heavy (non-hydrogen) atoms. The molecule has 0 spiro atoms. The van der Waals surface area contributed by atoms with Gasteiger partial charge in [0.1, 0.15) is 0 Å². The Morgan fingerprint density at radius 3 is 2.44 bits per heavy atom. The van der Waals surface area contributed by atoms with Crippen LogP contribution in [0.2, 0.25) is 0 Å². The van der Waals surface area contributed by atoms with E-state index in [-0.39, 0.29) is 11.9 Å². The molecular weight excluding hydrogens is 221 g/mol. The quantitative estimate of drug-likeness (QED) is 0.780. The lowest BCUT2D eigenvalue weighted by Crippen LogP contribution is -2.47. The summed E-state index contributed by atoms with van der Waals surface area (Å²) in [7, 11) is 0. The van der Waals surface area contributed by atoms with Crippen molar-refractivity contribution in [3.63, 3.8) is 0 Å². The lowest BCUT2D eigenvalue weighted by molar-refractivity contribution is -0.131. The molecular formula is C10H17F3N2O. The van der Waals surface area contributed by atoms with E-state index in [1.807, 2.05) is 0 Å². The van der Waals surface area contributed by atoms with Crippen LogP contribution >= 0.6 is 0 Å². The molecule has 0 saturated heterocycles. The zero-order chi connectivity index (χ0) is 12.2. The third-order valence-corrected chi connectivity index (χ3v) is 2.70. The van der Waals surface area contributed by atoms with Gasteiger partial charge in [0.05, 0.1) is 12.6 Å². The molecule has 0 aliphatic heterocycles. The van der Waals surface area contributed by atoms with Crippen LogP contribution in [-0.4, -0.2) is 30.7 Å². The molecule has 0 aromatic carbocycles. The molecule has 1 atom stereocenters. The number of carbonyl (C=O) groups excluding carboxylic acids is 1. The molecule has 2 N–H and O–H groups in total. The number of hydrogen-bond acceptors (Lipinski definition) is 2. The van der Waals surface area contributed by atoms with Crippen molar-refractivity contribution in [3.8, 4) is 0 Å². The fraction of sp³-hybridized carbons (Fsp3) is 0.900. The summed E-state index contributed by atoms with van der Waals surface area (Å²) < 4.78 is 35.7. The zero-order valence-electron chi connectivity index (χ0n) is 9.23. The predicted octanol–water partition coefficient (Wildman–Crippen LogP) is 1.59. The largest absolute Gasteiger partial charge is 0.401 e. The molecule has 0 bridgehead atoms. The van der Waals surface area contributed by atoms with Crippen LogP contribution in [0.15, 0.2) is 0 Å². The summed E-state index contributed by atoms with van der Waals surface area (Å²) in [6.07, 6.45) is -0.262. The topological polar surface area (TPSA) is 41.1 Å². The van der Waals surface area contributed by atoms with E-state index in [9.17, 15) is 18.0 Å².